The molecule has 0 fully saturated rings. The van der Waals surface area contributed by atoms with E-state index in [1.165, 1.54) is 12.1 Å². The molecule has 1 aromatic carbocycles. The molecule has 0 aliphatic heterocycles. The molecular formula is C14H12Cl2N2O4. The molecule has 0 saturated carbocycles. The Bertz CT molecular complexity index is 666. The van der Waals surface area contributed by atoms with Crippen molar-refractivity contribution in [2.24, 2.45) is 0 Å². The van der Waals surface area contributed by atoms with Crippen molar-refractivity contribution in [2.45, 2.75) is 6.92 Å². The number of rotatable bonds is 5. The second kappa shape index (κ2) is 8.27. The topological polar surface area (TPSA) is 88.4 Å². The maximum Gasteiger partial charge on any atom is 0.350 e. The zero-order valence-electron chi connectivity index (χ0n) is 11.8. The molecule has 8 heteroatoms. The van der Waals surface area contributed by atoms with Gasteiger partial charge in [-0.25, -0.2) is 9.59 Å². The van der Waals surface area contributed by atoms with E-state index in [1.807, 2.05) is 0 Å². The van der Waals surface area contributed by atoms with Gasteiger partial charge in [0.15, 0.2) is 5.57 Å². The summed E-state index contributed by atoms with van der Waals surface area (Å²) < 4.78 is 9.31. The van der Waals surface area contributed by atoms with Crippen LogP contribution in [0.1, 0.15) is 17.3 Å². The summed E-state index contributed by atoms with van der Waals surface area (Å²) in [5, 5.41) is 11.8. The Morgan fingerprint density at radius 2 is 2.09 bits per heavy atom. The summed E-state index contributed by atoms with van der Waals surface area (Å²) in [7, 11) is 1.15. The Labute approximate surface area is 137 Å². The van der Waals surface area contributed by atoms with E-state index in [0.717, 1.165) is 13.3 Å². The fourth-order valence-corrected chi connectivity index (χ4v) is 1.91. The van der Waals surface area contributed by atoms with Crippen LogP contribution in [0.15, 0.2) is 23.9 Å². The summed E-state index contributed by atoms with van der Waals surface area (Å²) in [6, 6.07) is 4.47. The van der Waals surface area contributed by atoms with Crippen LogP contribution < -0.4 is 5.32 Å². The average Bonchev–Trinajstić information content (AvgIpc) is 2.50. The zero-order valence-corrected chi connectivity index (χ0v) is 13.3. The van der Waals surface area contributed by atoms with Crippen LogP contribution in [-0.4, -0.2) is 25.7 Å². The molecule has 0 aliphatic carbocycles. The van der Waals surface area contributed by atoms with Crippen LogP contribution in [0.25, 0.3) is 0 Å². The quantitative estimate of drug-likeness (QED) is 0.502. The molecule has 116 valence electrons. The van der Waals surface area contributed by atoms with Gasteiger partial charge in [-0.15, -0.1) is 0 Å². The number of anilines is 1. The van der Waals surface area contributed by atoms with Crippen LogP contribution in [0.4, 0.5) is 5.69 Å². The lowest BCUT2D eigenvalue weighted by Crippen LogP contribution is -2.08. The fraction of sp³-hybridized carbons (Fsp3) is 0.214. The van der Waals surface area contributed by atoms with Gasteiger partial charge in [0.1, 0.15) is 6.07 Å². The lowest BCUT2D eigenvalue weighted by Gasteiger charge is -2.10. The number of nitrogens with one attached hydrogen (secondary N) is 1. The Kier molecular flexibility index (Phi) is 6.70. The second-order valence-electron chi connectivity index (χ2n) is 3.84. The highest BCUT2D eigenvalue weighted by atomic mass is 35.5. The average molecular weight is 343 g/mol. The molecule has 1 aromatic rings. The molecule has 0 radical (unpaired) electrons. The van der Waals surface area contributed by atoms with Gasteiger partial charge < -0.3 is 14.8 Å². The van der Waals surface area contributed by atoms with E-state index in [2.05, 4.69) is 10.1 Å². The number of hydrogen-bond acceptors (Lipinski definition) is 6. The summed E-state index contributed by atoms with van der Waals surface area (Å²) in [5.74, 6) is -1.44. The predicted molar refractivity (Wildman–Crippen MR) is 81.8 cm³/mol. The number of nitrogens with zero attached hydrogens (tertiary/aromatic N) is 1. The van der Waals surface area contributed by atoms with E-state index >= 15 is 0 Å². The maximum atomic E-state index is 11.8. The molecule has 0 bridgehead atoms. The molecule has 0 spiro atoms. The Morgan fingerprint density at radius 1 is 1.41 bits per heavy atom. The van der Waals surface area contributed by atoms with Crippen molar-refractivity contribution in [2.75, 3.05) is 19.0 Å². The van der Waals surface area contributed by atoms with E-state index in [-0.39, 0.29) is 33.5 Å². The first-order chi connectivity index (χ1) is 10.4. The summed E-state index contributed by atoms with van der Waals surface area (Å²) in [4.78, 5) is 23.1. The van der Waals surface area contributed by atoms with Crippen molar-refractivity contribution in [1.82, 2.24) is 0 Å². The minimum Gasteiger partial charge on any atom is -0.465 e. The number of esters is 2. The minimum absolute atomic E-state index is 0.0567. The highest BCUT2D eigenvalue weighted by molar-refractivity contribution is 6.38. The van der Waals surface area contributed by atoms with Gasteiger partial charge in [0.25, 0.3) is 0 Å². The third-order valence-corrected chi connectivity index (χ3v) is 3.06. The van der Waals surface area contributed by atoms with Gasteiger partial charge in [-0.2, -0.15) is 5.26 Å². The third-order valence-electron chi connectivity index (χ3n) is 2.43. The molecule has 0 aliphatic rings. The van der Waals surface area contributed by atoms with E-state index in [4.69, 9.17) is 33.2 Å². The molecule has 1 rings (SSSR count). The molecule has 22 heavy (non-hydrogen) atoms. The monoisotopic (exact) mass is 342 g/mol. The minimum atomic E-state index is -0.807. The summed E-state index contributed by atoms with van der Waals surface area (Å²) >= 11 is 12.0. The molecular weight excluding hydrogens is 331 g/mol. The first-order valence-corrected chi connectivity index (χ1v) is 6.81. The summed E-state index contributed by atoms with van der Waals surface area (Å²) in [6.45, 7) is 1.85. The third kappa shape index (κ3) is 4.38. The van der Waals surface area contributed by atoms with Crippen LogP contribution in [0.5, 0.6) is 0 Å². The van der Waals surface area contributed by atoms with Crippen LogP contribution >= 0.6 is 23.2 Å². The predicted octanol–water partition coefficient (Wildman–Crippen LogP) is 3.16. The molecule has 6 nitrogen and oxygen atoms in total. The van der Waals surface area contributed by atoms with Crippen LogP contribution in [-0.2, 0) is 14.3 Å². The van der Waals surface area contributed by atoms with E-state index < -0.39 is 11.9 Å². The van der Waals surface area contributed by atoms with Crippen molar-refractivity contribution in [3.05, 3.63) is 39.5 Å². The standard InChI is InChI=1S/C14H12Cl2N2O4/c1-3-22-14(20)10-4-9(15)5-11(12(10)16)18-7-8(6-17)13(19)21-2/h4-5,7,18H,3H2,1-2H3. The van der Waals surface area contributed by atoms with Gasteiger partial charge >= 0.3 is 11.9 Å². The maximum absolute atomic E-state index is 11.8. The summed E-state index contributed by atoms with van der Waals surface area (Å²) in [6.07, 6.45) is 1.11. The number of nitriles is 1. The number of halogens is 2. The van der Waals surface area contributed by atoms with Crippen LogP contribution in [0, 0.1) is 11.3 Å². The Morgan fingerprint density at radius 3 is 2.64 bits per heavy atom. The van der Waals surface area contributed by atoms with E-state index in [0.29, 0.717) is 0 Å². The van der Waals surface area contributed by atoms with Crippen molar-refractivity contribution >= 4 is 40.8 Å². The van der Waals surface area contributed by atoms with E-state index in [1.54, 1.807) is 13.0 Å². The molecule has 0 heterocycles. The van der Waals surface area contributed by atoms with Gasteiger partial charge in [0, 0.05) is 11.2 Å². The number of methoxy groups -OCH3 is 1. The molecule has 0 aromatic heterocycles. The second-order valence-corrected chi connectivity index (χ2v) is 4.66. The highest BCUT2D eigenvalue weighted by Crippen LogP contribution is 2.31. The number of carbonyl (C=O) groups excluding carboxylic acids is 2. The molecule has 0 saturated heterocycles. The molecule has 0 atom stereocenters. The first-order valence-electron chi connectivity index (χ1n) is 6.05. The molecule has 0 amide bonds. The largest absolute Gasteiger partial charge is 0.465 e. The van der Waals surface area contributed by atoms with Crippen LogP contribution in [0.3, 0.4) is 0 Å². The van der Waals surface area contributed by atoms with Gasteiger partial charge in [-0.1, -0.05) is 23.2 Å². The highest BCUT2D eigenvalue weighted by Gasteiger charge is 2.16. The van der Waals surface area contributed by atoms with Crippen molar-refractivity contribution in [3.8, 4) is 6.07 Å². The zero-order chi connectivity index (χ0) is 16.7. The van der Waals surface area contributed by atoms with Gasteiger partial charge in [-0.05, 0) is 19.1 Å². The van der Waals surface area contributed by atoms with Gasteiger partial charge in [0.2, 0.25) is 0 Å². The van der Waals surface area contributed by atoms with Crippen LogP contribution in [0.2, 0.25) is 10.0 Å². The Balaban J connectivity index is 3.16. The molecule has 0 unspecified atom stereocenters. The number of benzene rings is 1. The Hall–Kier alpha value is -2.23. The fourth-order valence-electron chi connectivity index (χ4n) is 1.45. The lowest BCUT2D eigenvalue weighted by molar-refractivity contribution is -0.135. The lowest BCUT2D eigenvalue weighted by atomic mass is 10.2. The van der Waals surface area contributed by atoms with E-state index in [9.17, 15) is 9.59 Å². The normalized spacial score (nSPS) is 10.6. The molecule has 1 N–H and O–H groups in total. The van der Waals surface area contributed by atoms with Crippen molar-refractivity contribution in [3.63, 3.8) is 0 Å². The number of ether oxygens (including phenoxy) is 2. The van der Waals surface area contributed by atoms with Gasteiger partial charge in [-0.3, -0.25) is 0 Å². The van der Waals surface area contributed by atoms with Gasteiger partial charge in [0.05, 0.1) is 30.0 Å². The SMILES string of the molecule is CCOC(=O)c1cc(Cl)cc(NC=C(C#N)C(=O)OC)c1Cl. The van der Waals surface area contributed by atoms with Crippen molar-refractivity contribution in [1.29, 1.82) is 5.26 Å². The first kappa shape index (κ1) is 17.8. The summed E-state index contributed by atoms with van der Waals surface area (Å²) in [5.41, 5.74) is 0.0496. The van der Waals surface area contributed by atoms with Crippen molar-refractivity contribution < 1.29 is 19.1 Å². The number of hydrogen-bond donors (Lipinski definition) is 1. The smallest absolute Gasteiger partial charge is 0.350 e. The number of carbonyl (C=O) groups is 2.